The summed E-state index contributed by atoms with van der Waals surface area (Å²) in [6.45, 7) is 4.47. The second-order valence-electron chi connectivity index (χ2n) is 3.77. The summed E-state index contributed by atoms with van der Waals surface area (Å²) in [5, 5.41) is 11.8. The maximum Gasteiger partial charge on any atom is 0.308 e. The second kappa shape index (κ2) is 5.70. The highest BCUT2D eigenvalue weighted by atomic mass is 16.4. The molecule has 0 radical (unpaired) electrons. The van der Waals surface area contributed by atoms with Gasteiger partial charge in [-0.25, -0.2) is 0 Å². The summed E-state index contributed by atoms with van der Waals surface area (Å²) in [6.07, 6.45) is 1.04. The highest BCUT2D eigenvalue weighted by Gasteiger charge is 2.30. The number of nitrogens with one attached hydrogen (secondary N) is 1. The van der Waals surface area contributed by atoms with Crippen LogP contribution in [0.2, 0.25) is 0 Å². The minimum atomic E-state index is -0.794. The standard InChI is InChI=1S/C10H18N2O3/c1-2-11-5-3-9(13)12-6-4-8(7-12)10(14)15/h8,11H,2-7H2,1H3,(H,14,15). The van der Waals surface area contributed by atoms with E-state index in [1.54, 1.807) is 4.90 Å². The first kappa shape index (κ1) is 12.0. The molecule has 15 heavy (non-hydrogen) atoms. The largest absolute Gasteiger partial charge is 0.481 e. The number of carbonyl (C=O) groups excluding carboxylic acids is 1. The Hall–Kier alpha value is -1.10. The third kappa shape index (κ3) is 3.51. The zero-order chi connectivity index (χ0) is 11.3. The molecule has 0 aromatic rings. The van der Waals surface area contributed by atoms with Crippen LogP contribution in [0, 0.1) is 5.92 Å². The Labute approximate surface area is 89.4 Å². The number of hydrogen-bond donors (Lipinski definition) is 2. The first-order chi connectivity index (χ1) is 7.15. The minimum Gasteiger partial charge on any atom is -0.481 e. The lowest BCUT2D eigenvalue weighted by Gasteiger charge is -2.15. The summed E-state index contributed by atoms with van der Waals surface area (Å²) in [4.78, 5) is 23.9. The molecule has 1 aliphatic rings. The molecule has 5 nitrogen and oxygen atoms in total. The summed E-state index contributed by atoms with van der Waals surface area (Å²) in [5.41, 5.74) is 0. The monoisotopic (exact) mass is 214 g/mol. The van der Waals surface area contributed by atoms with Crippen molar-refractivity contribution in [1.29, 1.82) is 0 Å². The molecule has 0 aliphatic carbocycles. The van der Waals surface area contributed by atoms with E-state index in [0.29, 0.717) is 32.5 Å². The first-order valence-corrected chi connectivity index (χ1v) is 5.36. The quantitative estimate of drug-likeness (QED) is 0.628. The molecule has 1 aliphatic heterocycles. The van der Waals surface area contributed by atoms with E-state index in [-0.39, 0.29) is 11.8 Å². The Morgan fingerprint density at radius 1 is 1.53 bits per heavy atom. The van der Waals surface area contributed by atoms with Gasteiger partial charge in [-0.2, -0.15) is 0 Å². The van der Waals surface area contributed by atoms with Crippen LogP contribution in [0.1, 0.15) is 19.8 Å². The molecule has 1 atom stereocenters. The average molecular weight is 214 g/mol. The van der Waals surface area contributed by atoms with E-state index < -0.39 is 5.97 Å². The predicted octanol–water partition coefficient (Wildman–Crippen LogP) is -0.0809. The molecule has 0 aromatic carbocycles. The molecule has 1 fully saturated rings. The highest BCUT2D eigenvalue weighted by molar-refractivity contribution is 5.78. The Bertz CT molecular complexity index is 243. The van der Waals surface area contributed by atoms with E-state index >= 15 is 0 Å². The van der Waals surface area contributed by atoms with Crippen molar-refractivity contribution in [3.63, 3.8) is 0 Å². The van der Waals surface area contributed by atoms with Crippen molar-refractivity contribution in [2.45, 2.75) is 19.8 Å². The first-order valence-electron chi connectivity index (χ1n) is 5.36. The van der Waals surface area contributed by atoms with Crippen LogP contribution >= 0.6 is 0 Å². The van der Waals surface area contributed by atoms with Gasteiger partial charge in [0.2, 0.25) is 5.91 Å². The lowest BCUT2D eigenvalue weighted by Crippen LogP contribution is -2.32. The molecular weight excluding hydrogens is 196 g/mol. The zero-order valence-corrected chi connectivity index (χ0v) is 9.03. The van der Waals surface area contributed by atoms with Crippen LogP contribution in [-0.4, -0.2) is 48.1 Å². The summed E-state index contributed by atoms with van der Waals surface area (Å²) in [7, 11) is 0. The van der Waals surface area contributed by atoms with Crippen LogP contribution in [0.4, 0.5) is 0 Å². The van der Waals surface area contributed by atoms with Crippen molar-refractivity contribution < 1.29 is 14.7 Å². The van der Waals surface area contributed by atoms with Gasteiger partial charge in [-0.1, -0.05) is 6.92 Å². The van der Waals surface area contributed by atoms with Crippen LogP contribution in [0.15, 0.2) is 0 Å². The van der Waals surface area contributed by atoms with Crippen molar-refractivity contribution >= 4 is 11.9 Å². The maximum atomic E-state index is 11.6. The molecule has 1 rings (SSSR count). The fourth-order valence-electron chi connectivity index (χ4n) is 1.72. The number of amides is 1. The Morgan fingerprint density at radius 3 is 2.80 bits per heavy atom. The molecule has 86 valence electrons. The van der Waals surface area contributed by atoms with Crippen molar-refractivity contribution in [3.8, 4) is 0 Å². The smallest absolute Gasteiger partial charge is 0.308 e. The molecule has 1 heterocycles. The van der Waals surface area contributed by atoms with Crippen LogP contribution < -0.4 is 5.32 Å². The third-order valence-electron chi connectivity index (χ3n) is 2.66. The summed E-state index contributed by atoms with van der Waals surface area (Å²) in [5.74, 6) is -1.11. The van der Waals surface area contributed by atoms with Gasteiger partial charge in [-0.15, -0.1) is 0 Å². The van der Waals surface area contributed by atoms with Gasteiger partial charge in [0.25, 0.3) is 0 Å². The van der Waals surface area contributed by atoms with Crippen molar-refractivity contribution in [2.24, 2.45) is 5.92 Å². The molecule has 0 bridgehead atoms. The lowest BCUT2D eigenvalue weighted by atomic mass is 10.1. The van der Waals surface area contributed by atoms with Crippen LogP contribution in [0.25, 0.3) is 0 Å². The average Bonchev–Trinajstić information content (AvgIpc) is 2.66. The van der Waals surface area contributed by atoms with E-state index in [9.17, 15) is 9.59 Å². The third-order valence-corrected chi connectivity index (χ3v) is 2.66. The number of carboxylic acids is 1. The van der Waals surface area contributed by atoms with Crippen molar-refractivity contribution in [1.82, 2.24) is 10.2 Å². The van der Waals surface area contributed by atoms with Crippen molar-refractivity contribution in [2.75, 3.05) is 26.2 Å². The topological polar surface area (TPSA) is 69.6 Å². The molecule has 2 N–H and O–H groups in total. The second-order valence-corrected chi connectivity index (χ2v) is 3.77. The molecular formula is C10H18N2O3. The summed E-state index contributed by atoms with van der Waals surface area (Å²) < 4.78 is 0. The zero-order valence-electron chi connectivity index (χ0n) is 9.03. The van der Waals surface area contributed by atoms with Gasteiger partial charge in [0.1, 0.15) is 0 Å². The molecule has 1 saturated heterocycles. The van der Waals surface area contributed by atoms with Gasteiger partial charge in [-0.05, 0) is 13.0 Å². The van der Waals surface area contributed by atoms with Crippen molar-refractivity contribution in [3.05, 3.63) is 0 Å². The van der Waals surface area contributed by atoms with Gasteiger partial charge in [0, 0.05) is 26.1 Å². The number of rotatable bonds is 5. The van der Waals surface area contributed by atoms with Gasteiger partial charge in [-0.3, -0.25) is 9.59 Å². The van der Waals surface area contributed by atoms with E-state index in [4.69, 9.17) is 5.11 Å². The van der Waals surface area contributed by atoms with Crippen LogP contribution in [-0.2, 0) is 9.59 Å². The van der Waals surface area contributed by atoms with E-state index in [2.05, 4.69) is 5.32 Å². The highest BCUT2D eigenvalue weighted by Crippen LogP contribution is 2.16. The molecule has 0 spiro atoms. The van der Waals surface area contributed by atoms with Gasteiger partial charge < -0.3 is 15.3 Å². The number of hydrogen-bond acceptors (Lipinski definition) is 3. The SMILES string of the molecule is CCNCCC(=O)N1CCC(C(=O)O)C1. The summed E-state index contributed by atoms with van der Waals surface area (Å²) >= 11 is 0. The fourth-order valence-corrected chi connectivity index (χ4v) is 1.72. The Balaban J connectivity index is 2.27. The molecule has 5 heteroatoms. The maximum absolute atomic E-state index is 11.6. The molecule has 1 unspecified atom stereocenters. The number of likely N-dealkylation sites (tertiary alicyclic amines) is 1. The lowest BCUT2D eigenvalue weighted by molar-refractivity contribution is -0.141. The Morgan fingerprint density at radius 2 is 2.27 bits per heavy atom. The Kier molecular flexibility index (Phi) is 4.55. The van der Waals surface area contributed by atoms with Crippen LogP contribution in [0.3, 0.4) is 0 Å². The fraction of sp³-hybridized carbons (Fsp3) is 0.800. The van der Waals surface area contributed by atoms with E-state index in [1.165, 1.54) is 0 Å². The number of carbonyl (C=O) groups is 2. The normalized spacial score (nSPS) is 20.6. The van der Waals surface area contributed by atoms with Crippen LogP contribution in [0.5, 0.6) is 0 Å². The van der Waals surface area contributed by atoms with E-state index in [0.717, 1.165) is 6.54 Å². The predicted molar refractivity (Wildman–Crippen MR) is 55.5 cm³/mol. The van der Waals surface area contributed by atoms with Gasteiger partial charge in [0.15, 0.2) is 0 Å². The molecule has 1 amide bonds. The van der Waals surface area contributed by atoms with Gasteiger partial charge in [0.05, 0.1) is 5.92 Å². The number of nitrogens with zero attached hydrogens (tertiary/aromatic N) is 1. The number of aliphatic carboxylic acids is 1. The number of carboxylic acid groups (broad SMARTS) is 1. The minimum absolute atomic E-state index is 0.0553. The molecule has 0 saturated carbocycles. The van der Waals surface area contributed by atoms with Gasteiger partial charge >= 0.3 is 5.97 Å². The van der Waals surface area contributed by atoms with E-state index in [1.807, 2.05) is 6.92 Å². The molecule has 0 aromatic heterocycles. The summed E-state index contributed by atoms with van der Waals surface area (Å²) in [6, 6.07) is 0.